The monoisotopic (exact) mass is 299 g/mol. The van der Waals surface area contributed by atoms with Gasteiger partial charge in [-0.3, -0.25) is 0 Å². The molecule has 0 unspecified atom stereocenters. The van der Waals surface area contributed by atoms with Gasteiger partial charge in [-0.2, -0.15) is 0 Å². The second-order valence-electron chi connectivity index (χ2n) is 5.22. The number of rotatable bonds is 5. The Morgan fingerprint density at radius 2 is 2.00 bits per heavy atom. The smallest absolute Gasteiger partial charge is 0.133 e. The summed E-state index contributed by atoms with van der Waals surface area (Å²) in [6.07, 6.45) is 1.03. The van der Waals surface area contributed by atoms with Crippen molar-refractivity contribution < 1.29 is 4.74 Å². The van der Waals surface area contributed by atoms with E-state index in [1.54, 1.807) is 0 Å². The molecule has 0 spiro atoms. The second-order valence-corrected chi connectivity index (χ2v) is 6.07. The first kappa shape index (κ1) is 14.5. The topological polar surface area (TPSA) is 21.3 Å². The molecule has 17 heavy (non-hydrogen) atoms. The third kappa shape index (κ3) is 5.55. The van der Waals surface area contributed by atoms with Crippen molar-refractivity contribution in [2.45, 2.75) is 46.2 Å². The summed E-state index contributed by atoms with van der Waals surface area (Å²) in [6.45, 7) is 10.2. The van der Waals surface area contributed by atoms with Crippen molar-refractivity contribution in [2.24, 2.45) is 0 Å². The van der Waals surface area contributed by atoms with Crippen LogP contribution in [-0.2, 0) is 6.54 Å². The predicted octanol–water partition coefficient (Wildman–Crippen LogP) is 4.13. The minimum atomic E-state index is 0.143. The van der Waals surface area contributed by atoms with E-state index in [4.69, 9.17) is 4.74 Å². The van der Waals surface area contributed by atoms with Gasteiger partial charge in [-0.1, -0.05) is 13.0 Å². The van der Waals surface area contributed by atoms with E-state index >= 15 is 0 Å². The lowest BCUT2D eigenvalue weighted by Crippen LogP contribution is -2.35. The number of hydrogen-bond donors (Lipinski definition) is 1. The summed E-state index contributed by atoms with van der Waals surface area (Å²) in [5.74, 6) is 0.923. The van der Waals surface area contributed by atoms with Gasteiger partial charge in [0, 0.05) is 12.1 Å². The first-order chi connectivity index (χ1) is 7.92. The average molecular weight is 300 g/mol. The van der Waals surface area contributed by atoms with E-state index < -0.39 is 0 Å². The molecule has 0 aliphatic heterocycles. The zero-order valence-electron chi connectivity index (χ0n) is 11.1. The highest BCUT2D eigenvalue weighted by Crippen LogP contribution is 2.26. The lowest BCUT2D eigenvalue weighted by molar-refractivity contribution is 0.315. The summed E-state index contributed by atoms with van der Waals surface area (Å²) in [7, 11) is 0. The molecule has 0 bridgehead atoms. The quantitative estimate of drug-likeness (QED) is 0.883. The van der Waals surface area contributed by atoms with Crippen LogP contribution < -0.4 is 10.1 Å². The van der Waals surface area contributed by atoms with E-state index in [9.17, 15) is 0 Å². The van der Waals surface area contributed by atoms with Crippen LogP contribution in [0.2, 0.25) is 0 Å². The van der Waals surface area contributed by atoms with Crippen LogP contribution in [0.1, 0.15) is 39.7 Å². The standard InChI is InChI=1S/C14H22BrNO/c1-5-8-17-13-7-6-11(9-12(13)15)10-16-14(2,3)4/h6-7,9,16H,5,8,10H2,1-4H3. The van der Waals surface area contributed by atoms with Crippen LogP contribution in [0.3, 0.4) is 0 Å². The van der Waals surface area contributed by atoms with Crippen molar-refractivity contribution >= 4 is 15.9 Å². The van der Waals surface area contributed by atoms with Crippen LogP contribution >= 0.6 is 15.9 Å². The highest BCUT2D eigenvalue weighted by molar-refractivity contribution is 9.10. The minimum Gasteiger partial charge on any atom is -0.492 e. The summed E-state index contributed by atoms with van der Waals surface area (Å²) in [5.41, 5.74) is 1.40. The molecule has 0 saturated heterocycles. The van der Waals surface area contributed by atoms with Gasteiger partial charge in [0.1, 0.15) is 5.75 Å². The maximum absolute atomic E-state index is 5.62. The Morgan fingerprint density at radius 3 is 2.53 bits per heavy atom. The van der Waals surface area contributed by atoms with Crippen LogP contribution in [0.25, 0.3) is 0 Å². The molecule has 0 heterocycles. The fourth-order valence-corrected chi connectivity index (χ4v) is 1.89. The maximum Gasteiger partial charge on any atom is 0.133 e. The Bertz CT molecular complexity index is 358. The summed E-state index contributed by atoms with van der Waals surface area (Å²) in [4.78, 5) is 0. The van der Waals surface area contributed by atoms with Gasteiger partial charge in [-0.15, -0.1) is 0 Å². The molecule has 0 saturated carbocycles. The summed E-state index contributed by atoms with van der Waals surface area (Å²) >= 11 is 3.54. The lowest BCUT2D eigenvalue weighted by Gasteiger charge is -2.20. The van der Waals surface area contributed by atoms with E-state index in [0.29, 0.717) is 0 Å². The zero-order valence-corrected chi connectivity index (χ0v) is 12.7. The minimum absolute atomic E-state index is 0.143. The zero-order chi connectivity index (χ0) is 12.9. The van der Waals surface area contributed by atoms with Crippen molar-refractivity contribution in [2.75, 3.05) is 6.61 Å². The molecule has 0 fully saturated rings. The predicted molar refractivity (Wildman–Crippen MR) is 76.5 cm³/mol. The van der Waals surface area contributed by atoms with Crippen LogP contribution in [-0.4, -0.2) is 12.1 Å². The first-order valence-corrected chi connectivity index (χ1v) is 6.88. The Labute approximate surface area is 113 Å². The van der Waals surface area contributed by atoms with Crippen molar-refractivity contribution in [1.82, 2.24) is 5.32 Å². The molecule has 0 aliphatic carbocycles. The van der Waals surface area contributed by atoms with Crippen LogP contribution in [0.15, 0.2) is 22.7 Å². The van der Waals surface area contributed by atoms with Crippen molar-refractivity contribution in [3.63, 3.8) is 0 Å². The molecule has 2 nitrogen and oxygen atoms in total. The Hall–Kier alpha value is -0.540. The number of hydrogen-bond acceptors (Lipinski definition) is 2. The first-order valence-electron chi connectivity index (χ1n) is 6.08. The normalized spacial score (nSPS) is 11.6. The third-order valence-electron chi connectivity index (χ3n) is 2.28. The Morgan fingerprint density at radius 1 is 1.29 bits per heavy atom. The summed E-state index contributed by atoms with van der Waals surface area (Å²) < 4.78 is 6.65. The Balaban J connectivity index is 2.62. The molecule has 0 atom stereocenters. The largest absolute Gasteiger partial charge is 0.492 e. The van der Waals surface area contributed by atoms with Crippen molar-refractivity contribution in [3.8, 4) is 5.75 Å². The summed E-state index contributed by atoms with van der Waals surface area (Å²) in [5, 5.41) is 3.47. The molecule has 3 heteroatoms. The van der Waals surface area contributed by atoms with Gasteiger partial charge in [-0.25, -0.2) is 0 Å². The molecular formula is C14H22BrNO. The van der Waals surface area contributed by atoms with E-state index in [2.05, 4.69) is 61.1 Å². The molecule has 1 N–H and O–H groups in total. The van der Waals surface area contributed by atoms with Gasteiger partial charge in [0.05, 0.1) is 11.1 Å². The number of nitrogens with one attached hydrogen (secondary N) is 1. The highest BCUT2D eigenvalue weighted by atomic mass is 79.9. The van der Waals surface area contributed by atoms with Crippen molar-refractivity contribution in [1.29, 1.82) is 0 Å². The molecule has 0 radical (unpaired) electrons. The van der Waals surface area contributed by atoms with E-state index in [1.165, 1.54) is 5.56 Å². The number of halogens is 1. The van der Waals surface area contributed by atoms with Gasteiger partial charge in [0.25, 0.3) is 0 Å². The molecule has 0 aliphatic rings. The third-order valence-corrected chi connectivity index (χ3v) is 2.90. The van der Waals surface area contributed by atoms with Gasteiger partial charge in [-0.05, 0) is 60.8 Å². The summed E-state index contributed by atoms with van der Waals surface area (Å²) in [6, 6.07) is 6.25. The fraction of sp³-hybridized carbons (Fsp3) is 0.571. The average Bonchev–Trinajstić information content (AvgIpc) is 2.24. The molecule has 1 aromatic rings. The maximum atomic E-state index is 5.62. The van der Waals surface area contributed by atoms with E-state index in [0.717, 1.165) is 29.8 Å². The van der Waals surface area contributed by atoms with Gasteiger partial charge >= 0.3 is 0 Å². The molecule has 96 valence electrons. The number of benzene rings is 1. The SMILES string of the molecule is CCCOc1ccc(CNC(C)(C)C)cc1Br. The molecular weight excluding hydrogens is 278 g/mol. The molecule has 1 aromatic carbocycles. The van der Waals surface area contributed by atoms with Gasteiger partial charge < -0.3 is 10.1 Å². The van der Waals surface area contributed by atoms with Gasteiger partial charge in [0.15, 0.2) is 0 Å². The van der Waals surface area contributed by atoms with Crippen molar-refractivity contribution in [3.05, 3.63) is 28.2 Å². The van der Waals surface area contributed by atoms with Crippen LogP contribution in [0, 0.1) is 0 Å². The van der Waals surface area contributed by atoms with E-state index in [1.807, 2.05) is 6.07 Å². The molecule has 1 rings (SSSR count). The van der Waals surface area contributed by atoms with Crippen LogP contribution in [0.5, 0.6) is 5.75 Å². The molecule has 0 amide bonds. The number of ether oxygens (including phenoxy) is 1. The lowest BCUT2D eigenvalue weighted by atomic mass is 10.1. The Kier molecular flexibility index (Phi) is 5.47. The van der Waals surface area contributed by atoms with Gasteiger partial charge in [0.2, 0.25) is 0 Å². The second kappa shape index (κ2) is 6.41. The highest BCUT2D eigenvalue weighted by Gasteiger charge is 2.09. The molecule has 0 aromatic heterocycles. The van der Waals surface area contributed by atoms with E-state index in [-0.39, 0.29) is 5.54 Å². The fourth-order valence-electron chi connectivity index (χ4n) is 1.35. The van der Waals surface area contributed by atoms with Crippen LogP contribution in [0.4, 0.5) is 0 Å².